The molecule has 2 saturated heterocycles. The third-order valence-corrected chi connectivity index (χ3v) is 4.60. The molecule has 5 nitrogen and oxygen atoms in total. The van der Waals surface area contributed by atoms with Crippen LogP contribution in [0.4, 0.5) is 0 Å². The summed E-state index contributed by atoms with van der Waals surface area (Å²) in [5.41, 5.74) is 0. The van der Waals surface area contributed by atoms with Crippen LogP contribution in [-0.2, 0) is 9.47 Å². The quantitative estimate of drug-likeness (QED) is 0.580. The molecule has 0 saturated carbocycles. The number of nitrogens with one attached hydrogen (secondary N) is 2. The summed E-state index contributed by atoms with van der Waals surface area (Å²) in [5, 5.41) is 7.44. The van der Waals surface area contributed by atoms with E-state index in [0.29, 0.717) is 26.4 Å². The summed E-state index contributed by atoms with van der Waals surface area (Å²) in [6.07, 6.45) is 2.76. The number of guanidine groups is 1. The Labute approximate surface area is 119 Å². The molecule has 0 aromatic carbocycles. The Hall–Kier alpha value is -0.460. The van der Waals surface area contributed by atoms with Gasteiger partial charge in [0.05, 0.1) is 26.4 Å². The number of ether oxygens (including phenoxy) is 2. The molecule has 0 aromatic rings. The molecule has 0 aromatic heterocycles. The summed E-state index contributed by atoms with van der Waals surface area (Å²) in [4.78, 5) is 4.58. The van der Waals surface area contributed by atoms with Crippen molar-refractivity contribution in [3.63, 3.8) is 0 Å². The maximum atomic E-state index is 5.59. The van der Waals surface area contributed by atoms with Gasteiger partial charge in [-0.1, -0.05) is 0 Å². The van der Waals surface area contributed by atoms with Crippen LogP contribution in [0, 0.1) is 0 Å². The van der Waals surface area contributed by atoms with E-state index in [9.17, 15) is 0 Å². The van der Waals surface area contributed by atoms with E-state index in [1.54, 1.807) is 0 Å². The van der Waals surface area contributed by atoms with E-state index in [1.807, 2.05) is 0 Å². The van der Waals surface area contributed by atoms with Crippen molar-refractivity contribution in [1.82, 2.24) is 10.6 Å². The third kappa shape index (κ3) is 5.58. The second kappa shape index (κ2) is 8.66. The fourth-order valence-electron chi connectivity index (χ4n) is 2.19. The van der Waals surface area contributed by atoms with Crippen molar-refractivity contribution < 1.29 is 9.47 Å². The molecule has 2 fully saturated rings. The first-order valence-electron chi connectivity index (χ1n) is 7.21. The molecule has 2 unspecified atom stereocenters. The van der Waals surface area contributed by atoms with Crippen LogP contribution >= 0.6 is 11.8 Å². The standard InChI is InChI=1S/C13H25N3O2S/c1-2-14-13(16-9-12-4-3-7-19-12)15-8-11-10-17-5-6-18-11/h11-12H,2-10H2,1H3,(H2,14,15,16). The molecule has 2 atom stereocenters. The average Bonchev–Trinajstić information content (AvgIpc) is 2.96. The van der Waals surface area contributed by atoms with E-state index < -0.39 is 0 Å². The van der Waals surface area contributed by atoms with Crippen LogP contribution in [0.3, 0.4) is 0 Å². The van der Waals surface area contributed by atoms with E-state index in [2.05, 4.69) is 34.3 Å². The lowest BCUT2D eigenvalue weighted by molar-refractivity contribution is -0.0832. The summed E-state index contributed by atoms with van der Waals surface area (Å²) in [5.74, 6) is 2.19. The Balaban J connectivity index is 1.72. The molecule has 0 aliphatic carbocycles. The number of hydrogen-bond acceptors (Lipinski definition) is 4. The van der Waals surface area contributed by atoms with Crippen LogP contribution in [0.25, 0.3) is 0 Å². The molecular weight excluding hydrogens is 262 g/mol. The molecule has 0 bridgehead atoms. The highest BCUT2D eigenvalue weighted by atomic mass is 32.2. The smallest absolute Gasteiger partial charge is 0.191 e. The van der Waals surface area contributed by atoms with Crippen molar-refractivity contribution in [2.24, 2.45) is 4.99 Å². The van der Waals surface area contributed by atoms with Gasteiger partial charge in [0.1, 0.15) is 6.10 Å². The highest BCUT2D eigenvalue weighted by Crippen LogP contribution is 2.25. The number of rotatable bonds is 5. The summed E-state index contributed by atoms with van der Waals surface area (Å²) >= 11 is 2.06. The fraction of sp³-hybridized carbons (Fsp3) is 0.923. The second-order valence-corrected chi connectivity index (χ2v) is 6.21. The zero-order valence-corrected chi connectivity index (χ0v) is 12.5. The van der Waals surface area contributed by atoms with Crippen molar-refractivity contribution in [2.45, 2.75) is 31.1 Å². The molecule has 0 amide bonds. The van der Waals surface area contributed by atoms with Crippen LogP contribution in [0.1, 0.15) is 19.8 Å². The van der Waals surface area contributed by atoms with Gasteiger partial charge < -0.3 is 20.1 Å². The van der Waals surface area contributed by atoms with Crippen molar-refractivity contribution in [3.05, 3.63) is 0 Å². The number of aliphatic imine (C=N–C) groups is 1. The third-order valence-electron chi connectivity index (χ3n) is 3.20. The summed E-state index contributed by atoms with van der Waals surface area (Å²) < 4.78 is 11.0. The van der Waals surface area contributed by atoms with E-state index >= 15 is 0 Å². The van der Waals surface area contributed by atoms with Crippen molar-refractivity contribution in [1.29, 1.82) is 0 Å². The minimum Gasteiger partial charge on any atom is -0.376 e. The second-order valence-electron chi connectivity index (χ2n) is 4.80. The van der Waals surface area contributed by atoms with Gasteiger partial charge in [-0.05, 0) is 25.5 Å². The first-order valence-corrected chi connectivity index (χ1v) is 8.26. The van der Waals surface area contributed by atoms with Crippen molar-refractivity contribution in [3.8, 4) is 0 Å². The molecule has 2 heterocycles. The largest absolute Gasteiger partial charge is 0.376 e. The summed E-state index contributed by atoms with van der Waals surface area (Å²) in [7, 11) is 0. The Bertz CT molecular complexity index is 277. The summed E-state index contributed by atoms with van der Waals surface area (Å²) in [6, 6.07) is 0. The minimum absolute atomic E-state index is 0.102. The lowest BCUT2D eigenvalue weighted by atomic mass is 10.2. The first-order chi connectivity index (χ1) is 9.38. The van der Waals surface area contributed by atoms with Gasteiger partial charge in [-0.3, -0.25) is 4.99 Å². The Morgan fingerprint density at radius 3 is 3.00 bits per heavy atom. The fourth-order valence-corrected chi connectivity index (χ4v) is 3.39. The minimum atomic E-state index is 0.102. The van der Waals surface area contributed by atoms with Gasteiger partial charge in [-0.15, -0.1) is 0 Å². The SMILES string of the molecule is CCNC(=NCC1COCCO1)NCC1CCCS1. The average molecular weight is 287 g/mol. The molecule has 2 aliphatic rings. The van der Waals surface area contributed by atoms with Gasteiger partial charge in [-0.2, -0.15) is 11.8 Å². The number of thioether (sulfide) groups is 1. The molecule has 2 rings (SSSR count). The molecular formula is C13H25N3O2S. The van der Waals surface area contributed by atoms with E-state index in [0.717, 1.165) is 24.3 Å². The van der Waals surface area contributed by atoms with Crippen LogP contribution in [-0.4, -0.2) is 62.5 Å². The van der Waals surface area contributed by atoms with Crippen molar-refractivity contribution in [2.75, 3.05) is 45.2 Å². The lowest BCUT2D eigenvalue weighted by Crippen LogP contribution is -2.41. The number of nitrogens with zero attached hydrogens (tertiary/aromatic N) is 1. The zero-order valence-electron chi connectivity index (χ0n) is 11.7. The molecule has 19 heavy (non-hydrogen) atoms. The van der Waals surface area contributed by atoms with Crippen LogP contribution in [0.2, 0.25) is 0 Å². The molecule has 0 spiro atoms. The predicted molar refractivity (Wildman–Crippen MR) is 80.0 cm³/mol. The van der Waals surface area contributed by atoms with Gasteiger partial charge >= 0.3 is 0 Å². The predicted octanol–water partition coefficient (Wildman–Crippen LogP) is 0.853. The first kappa shape index (κ1) is 14.9. The Morgan fingerprint density at radius 1 is 1.37 bits per heavy atom. The maximum absolute atomic E-state index is 5.59. The van der Waals surface area contributed by atoms with E-state index in [4.69, 9.17) is 9.47 Å². The van der Waals surface area contributed by atoms with Crippen LogP contribution in [0.5, 0.6) is 0 Å². The number of hydrogen-bond donors (Lipinski definition) is 2. The van der Waals surface area contributed by atoms with Gasteiger partial charge in [0.25, 0.3) is 0 Å². The molecule has 6 heteroatoms. The van der Waals surface area contributed by atoms with Crippen molar-refractivity contribution >= 4 is 17.7 Å². The molecule has 2 aliphatic heterocycles. The highest BCUT2D eigenvalue weighted by molar-refractivity contribution is 8.00. The van der Waals surface area contributed by atoms with Gasteiger partial charge in [0.15, 0.2) is 5.96 Å². The monoisotopic (exact) mass is 287 g/mol. The highest BCUT2D eigenvalue weighted by Gasteiger charge is 2.16. The van der Waals surface area contributed by atoms with Crippen LogP contribution < -0.4 is 10.6 Å². The normalized spacial score (nSPS) is 28.4. The summed E-state index contributed by atoms with van der Waals surface area (Å²) in [6.45, 7) is 6.67. The van der Waals surface area contributed by atoms with Gasteiger partial charge in [0.2, 0.25) is 0 Å². The van der Waals surface area contributed by atoms with Gasteiger partial charge in [0, 0.05) is 18.3 Å². The zero-order chi connectivity index (χ0) is 13.3. The topological polar surface area (TPSA) is 54.9 Å². The van der Waals surface area contributed by atoms with Gasteiger partial charge in [-0.25, -0.2) is 0 Å². The molecule has 110 valence electrons. The van der Waals surface area contributed by atoms with Crippen LogP contribution in [0.15, 0.2) is 4.99 Å². The molecule has 2 N–H and O–H groups in total. The lowest BCUT2D eigenvalue weighted by Gasteiger charge is -2.22. The Morgan fingerprint density at radius 2 is 2.32 bits per heavy atom. The maximum Gasteiger partial charge on any atom is 0.191 e. The van der Waals surface area contributed by atoms with E-state index in [-0.39, 0.29) is 6.10 Å². The van der Waals surface area contributed by atoms with E-state index in [1.165, 1.54) is 18.6 Å². The molecule has 0 radical (unpaired) electrons. The Kier molecular flexibility index (Phi) is 6.81.